The first-order chi connectivity index (χ1) is 17.6. The molecule has 0 unspecified atom stereocenters. The van der Waals surface area contributed by atoms with E-state index in [0.29, 0.717) is 29.4 Å². The first-order valence-electron chi connectivity index (χ1n) is 12.8. The van der Waals surface area contributed by atoms with E-state index in [4.69, 9.17) is 4.98 Å². The van der Waals surface area contributed by atoms with Gasteiger partial charge >= 0.3 is 5.69 Å². The van der Waals surface area contributed by atoms with E-state index in [9.17, 15) is 10.1 Å². The number of imidazole rings is 1. The summed E-state index contributed by atoms with van der Waals surface area (Å²) in [6.07, 6.45) is 2.11. The lowest BCUT2D eigenvalue weighted by Gasteiger charge is -2.30. The molecule has 37 heavy (non-hydrogen) atoms. The largest absolute Gasteiger partial charge is 0.330 e. The van der Waals surface area contributed by atoms with Gasteiger partial charge in [-0.15, -0.1) is 0 Å². The standard InChI is InChI=1S/C28H33N7OS/c1-18-30-25(32-37-18)20-10-12-34(13-11-20)16-19-6-7-21(15-29)22(14-19)23-8-9-24-26(31-23)33(5)27(36)35(24)17-28(2,3)4/h6-9,14,20H,10-13,16-17H2,1-5H3. The van der Waals surface area contributed by atoms with Crippen molar-refractivity contribution < 1.29 is 0 Å². The highest BCUT2D eigenvalue weighted by molar-refractivity contribution is 7.05. The van der Waals surface area contributed by atoms with Crippen LogP contribution >= 0.6 is 11.5 Å². The van der Waals surface area contributed by atoms with E-state index in [1.807, 2.05) is 31.2 Å². The molecule has 0 bridgehead atoms. The number of likely N-dealkylation sites (tertiary alicyclic amines) is 1. The second-order valence-corrected chi connectivity index (χ2v) is 12.2. The van der Waals surface area contributed by atoms with Gasteiger partial charge in [0.05, 0.1) is 22.8 Å². The quantitative estimate of drug-likeness (QED) is 0.377. The minimum Gasteiger partial charge on any atom is -0.299 e. The minimum absolute atomic E-state index is 0.0385. The van der Waals surface area contributed by atoms with Crippen LogP contribution in [-0.2, 0) is 20.1 Å². The number of hydrogen-bond acceptors (Lipinski definition) is 7. The SMILES string of the molecule is Cc1nc(C2CCN(Cc3ccc(C#N)c(-c4ccc5c(n4)n(C)c(=O)n5CC(C)(C)C)c3)CC2)ns1. The average molecular weight is 516 g/mol. The second kappa shape index (κ2) is 9.84. The zero-order valence-electron chi connectivity index (χ0n) is 22.2. The van der Waals surface area contributed by atoms with Crippen molar-refractivity contribution in [3.8, 4) is 17.3 Å². The van der Waals surface area contributed by atoms with Crippen molar-refractivity contribution in [1.29, 1.82) is 5.26 Å². The lowest BCUT2D eigenvalue weighted by atomic mass is 9.95. The van der Waals surface area contributed by atoms with Gasteiger partial charge in [0.25, 0.3) is 0 Å². The summed E-state index contributed by atoms with van der Waals surface area (Å²) in [5, 5.41) is 10.8. The Hall–Kier alpha value is -3.35. The molecule has 0 aliphatic carbocycles. The van der Waals surface area contributed by atoms with Crippen molar-refractivity contribution in [2.75, 3.05) is 13.1 Å². The summed E-state index contributed by atoms with van der Waals surface area (Å²) >= 11 is 1.48. The molecule has 1 fully saturated rings. The highest BCUT2D eigenvalue weighted by atomic mass is 32.1. The molecule has 1 aromatic carbocycles. The topological polar surface area (TPSA) is 92.6 Å². The Kier molecular flexibility index (Phi) is 6.73. The van der Waals surface area contributed by atoms with Crippen molar-refractivity contribution >= 4 is 22.7 Å². The highest BCUT2D eigenvalue weighted by Crippen LogP contribution is 2.30. The summed E-state index contributed by atoms with van der Waals surface area (Å²) in [5.41, 5.74) is 4.57. The molecule has 0 spiro atoms. The molecule has 0 atom stereocenters. The van der Waals surface area contributed by atoms with Crippen LogP contribution in [0.1, 0.15) is 61.5 Å². The van der Waals surface area contributed by atoms with E-state index >= 15 is 0 Å². The maximum absolute atomic E-state index is 12.9. The van der Waals surface area contributed by atoms with Gasteiger partial charge < -0.3 is 0 Å². The number of aromatic nitrogens is 5. The molecular formula is C28H33N7OS. The molecule has 8 nitrogen and oxygen atoms in total. The monoisotopic (exact) mass is 515 g/mol. The number of piperidine rings is 1. The first kappa shape index (κ1) is 25.3. The number of hydrogen-bond donors (Lipinski definition) is 0. The summed E-state index contributed by atoms with van der Waals surface area (Å²) in [4.78, 5) is 24.9. The summed E-state index contributed by atoms with van der Waals surface area (Å²) in [7, 11) is 1.76. The maximum atomic E-state index is 12.9. The van der Waals surface area contributed by atoms with Crippen LogP contribution in [0.4, 0.5) is 0 Å². The summed E-state index contributed by atoms with van der Waals surface area (Å²) in [6.45, 7) is 11.8. The van der Waals surface area contributed by atoms with Gasteiger partial charge in [-0.3, -0.25) is 14.0 Å². The van der Waals surface area contributed by atoms with E-state index in [0.717, 1.165) is 60.0 Å². The van der Waals surface area contributed by atoms with Gasteiger partial charge in [-0.05, 0) is 79.6 Å². The molecule has 3 aromatic heterocycles. The van der Waals surface area contributed by atoms with Crippen molar-refractivity contribution in [1.82, 2.24) is 28.4 Å². The van der Waals surface area contributed by atoms with Crippen molar-refractivity contribution in [2.24, 2.45) is 12.5 Å². The van der Waals surface area contributed by atoms with Crippen LogP contribution in [0.3, 0.4) is 0 Å². The molecule has 0 radical (unpaired) electrons. The van der Waals surface area contributed by atoms with E-state index in [1.54, 1.807) is 16.2 Å². The van der Waals surface area contributed by atoms with Crippen molar-refractivity contribution in [3.05, 3.63) is 62.8 Å². The van der Waals surface area contributed by atoms with Gasteiger partial charge in [-0.25, -0.2) is 14.8 Å². The van der Waals surface area contributed by atoms with Crippen LogP contribution in [0.25, 0.3) is 22.4 Å². The van der Waals surface area contributed by atoms with Gasteiger partial charge in [0, 0.05) is 31.6 Å². The van der Waals surface area contributed by atoms with Crippen molar-refractivity contribution in [2.45, 2.75) is 59.5 Å². The van der Waals surface area contributed by atoms with E-state index in [2.05, 4.69) is 47.2 Å². The molecule has 1 saturated heterocycles. The van der Waals surface area contributed by atoms with Gasteiger partial charge in [-0.1, -0.05) is 26.8 Å². The Balaban J connectivity index is 1.40. The Bertz CT molecular complexity index is 1540. The normalized spacial score (nSPS) is 15.4. The number of pyridine rings is 1. The van der Waals surface area contributed by atoms with Crippen LogP contribution in [-0.4, -0.2) is 41.5 Å². The number of nitriles is 1. The maximum Gasteiger partial charge on any atom is 0.330 e. The fourth-order valence-electron chi connectivity index (χ4n) is 5.14. The predicted octanol–water partition coefficient (Wildman–Crippen LogP) is 4.86. The third-order valence-corrected chi connectivity index (χ3v) is 7.63. The summed E-state index contributed by atoms with van der Waals surface area (Å²) in [6, 6.07) is 12.2. The average Bonchev–Trinajstić information content (AvgIpc) is 3.40. The smallest absolute Gasteiger partial charge is 0.299 e. The summed E-state index contributed by atoms with van der Waals surface area (Å²) < 4.78 is 7.91. The van der Waals surface area contributed by atoms with Gasteiger partial charge in [0.15, 0.2) is 5.65 Å². The third kappa shape index (κ3) is 5.22. The third-order valence-electron chi connectivity index (χ3n) is 7.00. The van der Waals surface area contributed by atoms with Gasteiger partial charge in [0.1, 0.15) is 10.8 Å². The van der Waals surface area contributed by atoms with Crippen LogP contribution in [0.5, 0.6) is 0 Å². The molecular weight excluding hydrogens is 482 g/mol. The molecule has 0 amide bonds. The number of aryl methyl sites for hydroxylation is 2. The van der Waals surface area contributed by atoms with Crippen LogP contribution in [0, 0.1) is 23.7 Å². The highest BCUT2D eigenvalue weighted by Gasteiger charge is 2.24. The Labute approximate surface area is 221 Å². The molecule has 0 saturated carbocycles. The summed E-state index contributed by atoms with van der Waals surface area (Å²) in [5.74, 6) is 1.43. The van der Waals surface area contributed by atoms with Crippen molar-refractivity contribution in [3.63, 3.8) is 0 Å². The zero-order valence-corrected chi connectivity index (χ0v) is 23.0. The second-order valence-electron chi connectivity index (χ2n) is 11.2. The van der Waals surface area contributed by atoms with E-state index in [-0.39, 0.29) is 11.1 Å². The molecule has 4 heterocycles. The van der Waals surface area contributed by atoms with Crippen LogP contribution in [0.2, 0.25) is 0 Å². The van der Waals surface area contributed by atoms with Crippen LogP contribution in [0.15, 0.2) is 35.1 Å². The number of fused-ring (bicyclic) bond motifs is 1. The predicted molar refractivity (Wildman–Crippen MR) is 146 cm³/mol. The molecule has 4 aromatic rings. The van der Waals surface area contributed by atoms with E-state index in [1.165, 1.54) is 11.5 Å². The molecule has 1 aliphatic heterocycles. The van der Waals surface area contributed by atoms with Crippen LogP contribution < -0.4 is 5.69 Å². The molecule has 5 rings (SSSR count). The molecule has 1 aliphatic rings. The fourth-order valence-corrected chi connectivity index (χ4v) is 5.69. The number of rotatable bonds is 5. The number of benzene rings is 1. The lowest BCUT2D eigenvalue weighted by Crippen LogP contribution is -2.32. The number of nitrogens with zero attached hydrogens (tertiary/aromatic N) is 7. The van der Waals surface area contributed by atoms with E-state index < -0.39 is 0 Å². The Morgan fingerprint density at radius 1 is 1.14 bits per heavy atom. The fraction of sp³-hybridized carbons (Fsp3) is 0.464. The first-order valence-corrected chi connectivity index (χ1v) is 13.5. The Morgan fingerprint density at radius 2 is 1.89 bits per heavy atom. The van der Waals surface area contributed by atoms with Gasteiger partial charge in [0.2, 0.25) is 0 Å². The zero-order chi connectivity index (χ0) is 26.3. The molecule has 192 valence electrons. The molecule has 9 heteroatoms. The minimum atomic E-state index is -0.0738. The van der Waals surface area contributed by atoms with Gasteiger partial charge in [-0.2, -0.15) is 9.64 Å². The lowest BCUT2D eigenvalue weighted by molar-refractivity contribution is 0.202. The molecule has 0 N–H and O–H groups in total. The Morgan fingerprint density at radius 3 is 2.54 bits per heavy atom.